The van der Waals surface area contributed by atoms with Crippen LogP contribution in [0.25, 0.3) is 0 Å². The van der Waals surface area contributed by atoms with Gasteiger partial charge in [-0.05, 0) is 31.0 Å². The highest BCUT2D eigenvalue weighted by Crippen LogP contribution is 2.10. The summed E-state index contributed by atoms with van der Waals surface area (Å²) in [6.07, 6.45) is 8.87. The largest absolute Gasteiger partial charge is 0.472 e. The Kier molecular flexibility index (Phi) is 4.35. The number of rotatable bonds is 4. The monoisotopic (exact) mass is 288 g/mol. The summed E-state index contributed by atoms with van der Waals surface area (Å²) in [5.74, 6) is 0.0698. The molecule has 1 amide bonds. The van der Waals surface area contributed by atoms with Gasteiger partial charge in [0.05, 0.1) is 18.0 Å². The molecule has 1 N–H and O–H groups in total. The molecule has 2 aromatic rings. The fourth-order valence-corrected chi connectivity index (χ4v) is 2.67. The topological polar surface area (TPSA) is 65.4 Å². The zero-order valence-corrected chi connectivity index (χ0v) is 12.0. The summed E-state index contributed by atoms with van der Waals surface area (Å²) in [4.78, 5) is 16.6. The van der Waals surface area contributed by atoms with Crippen LogP contribution < -0.4 is 0 Å². The lowest BCUT2D eigenvalue weighted by atomic mass is 10.2. The molecule has 0 unspecified atom stereocenters. The van der Waals surface area contributed by atoms with E-state index in [1.54, 1.807) is 12.3 Å². The van der Waals surface area contributed by atoms with Crippen molar-refractivity contribution in [3.05, 3.63) is 42.1 Å². The van der Waals surface area contributed by atoms with Crippen LogP contribution in [0.15, 0.2) is 35.4 Å². The van der Waals surface area contributed by atoms with E-state index in [4.69, 9.17) is 4.42 Å². The van der Waals surface area contributed by atoms with Gasteiger partial charge in [0, 0.05) is 32.4 Å². The second kappa shape index (κ2) is 6.58. The molecule has 1 aliphatic heterocycles. The number of hydrogen-bond donors (Lipinski definition) is 1. The summed E-state index contributed by atoms with van der Waals surface area (Å²) in [6.45, 7) is 4.54. The van der Waals surface area contributed by atoms with Crippen molar-refractivity contribution < 1.29 is 9.21 Å². The first-order chi connectivity index (χ1) is 10.3. The molecule has 21 heavy (non-hydrogen) atoms. The van der Waals surface area contributed by atoms with Gasteiger partial charge in [-0.2, -0.15) is 5.10 Å². The third kappa shape index (κ3) is 3.52. The van der Waals surface area contributed by atoms with E-state index in [9.17, 15) is 4.79 Å². The lowest BCUT2D eigenvalue weighted by Crippen LogP contribution is -2.35. The summed E-state index contributed by atoms with van der Waals surface area (Å²) < 4.78 is 4.99. The lowest BCUT2D eigenvalue weighted by Gasteiger charge is -2.21. The van der Waals surface area contributed by atoms with Crippen molar-refractivity contribution >= 4 is 5.91 Å². The Morgan fingerprint density at radius 2 is 2.29 bits per heavy atom. The van der Waals surface area contributed by atoms with Crippen LogP contribution in [0.4, 0.5) is 0 Å². The average molecular weight is 288 g/mol. The van der Waals surface area contributed by atoms with Crippen LogP contribution in [0, 0.1) is 0 Å². The number of hydrogen-bond acceptors (Lipinski definition) is 4. The van der Waals surface area contributed by atoms with E-state index in [-0.39, 0.29) is 5.91 Å². The number of aromatic nitrogens is 2. The summed E-state index contributed by atoms with van der Waals surface area (Å²) >= 11 is 0. The van der Waals surface area contributed by atoms with Crippen LogP contribution in [0.3, 0.4) is 0 Å². The highest BCUT2D eigenvalue weighted by Gasteiger charge is 2.20. The average Bonchev–Trinajstić information content (AvgIpc) is 3.15. The highest BCUT2D eigenvalue weighted by atomic mass is 16.3. The van der Waals surface area contributed by atoms with Gasteiger partial charge >= 0.3 is 0 Å². The second-order valence-electron chi connectivity index (χ2n) is 5.36. The molecular weight excluding hydrogens is 268 g/mol. The van der Waals surface area contributed by atoms with E-state index in [0.29, 0.717) is 5.56 Å². The molecule has 0 aliphatic carbocycles. The van der Waals surface area contributed by atoms with E-state index in [2.05, 4.69) is 15.1 Å². The summed E-state index contributed by atoms with van der Waals surface area (Å²) in [7, 11) is 0. The van der Waals surface area contributed by atoms with Crippen molar-refractivity contribution in [2.45, 2.75) is 12.8 Å². The first-order valence-corrected chi connectivity index (χ1v) is 7.34. The van der Waals surface area contributed by atoms with Gasteiger partial charge in [0.15, 0.2) is 0 Å². The fourth-order valence-electron chi connectivity index (χ4n) is 2.67. The highest BCUT2D eigenvalue weighted by molar-refractivity contribution is 5.93. The van der Waals surface area contributed by atoms with Gasteiger partial charge in [0.2, 0.25) is 0 Å². The quantitative estimate of drug-likeness (QED) is 0.923. The normalized spacial score (nSPS) is 16.9. The van der Waals surface area contributed by atoms with Crippen LogP contribution in [0.5, 0.6) is 0 Å². The Balaban J connectivity index is 1.51. The molecule has 6 heteroatoms. The van der Waals surface area contributed by atoms with Crippen LogP contribution in [-0.4, -0.2) is 58.6 Å². The van der Waals surface area contributed by atoms with Gasteiger partial charge in [-0.15, -0.1) is 0 Å². The molecule has 3 rings (SSSR count). The third-order valence-corrected chi connectivity index (χ3v) is 3.92. The number of amides is 1. The molecule has 3 heterocycles. The van der Waals surface area contributed by atoms with Gasteiger partial charge in [0.1, 0.15) is 6.26 Å². The molecule has 0 spiro atoms. The van der Waals surface area contributed by atoms with Crippen molar-refractivity contribution in [2.75, 3.05) is 32.7 Å². The number of carbonyl (C=O) groups is 1. The first kappa shape index (κ1) is 13.9. The van der Waals surface area contributed by atoms with E-state index >= 15 is 0 Å². The zero-order chi connectivity index (χ0) is 14.5. The van der Waals surface area contributed by atoms with Gasteiger partial charge in [0.25, 0.3) is 5.91 Å². The molecule has 0 bridgehead atoms. The Morgan fingerprint density at radius 3 is 3.05 bits per heavy atom. The Hall–Kier alpha value is -2.08. The molecule has 1 fully saturated rings. The zero-order valence-electron chi connectivity index (χ0n) is 12.0. The fraction of sp³-hybridized carbons (Fsp3) is 0.467. The maximum absolute atomic E-state index is 12.3. The van der Waals surface area contributed by atoms with Crippen LogP contribution >= 0.6 is 0 Å². The Bertz CT molecular complexity index is 550. The third-order valence-electron chi connectivity index (χ3n) is 3.92. The van der Waals surface area contributed by atoms with Crippen molar-refractivity contribution in [3.63, 3.8) is 0 Å². The van der Waals surface area contributed by atoms with Crippen LogP contribution in [0.1, 0.15) is 22.3 Å². The standard InChI is InChI=1S/C15H20N4O2/c20-15(14-3-9-21-12-14)19-5-1-4-18(7-8-19)6-2-13-10-16-17-11-13/h3,9-12H,1-2,4-8H2,(H,16,17). The van der Waals surface area contributed by atoms with Crippen molar-refractivity contribution in [1.82, 2.24) is 20.0 Å². The van der Waals surface area contributed by atoms with Crippen LogP contribution in [0.2, 0.25) is 0 Å². The molecule has 0 saturated carbocycles. The molecular formula is C15H20N4O2. The maximum Gasteiger partial charge on any atom is 0.257 e. The first-order valence-electron chi connectivity index (χ1n) is 7.34. The van der Waals surface area contributed by atoms with Gasteiger partial charge in [-0.1, -0.05) is 0 Å². The molecule has 0 atom stereocenters. The number of aromatic amines is 1. The van der Waals surface area contributed by atoms with Crippen LogP contribution in [-0.2, 0) is 6.42 Å². The minimum absolute atomic E-state index is 0.0698. The number of nitrogens with zero attached hydrogens (tertiary/aromatic N) is 3. The molecule has 6 nitrogen and oxygen atoms in total. The number of nitrogens with one attached hydrogen (secondary N) is 1. The predicted molar refractivity (Wildman–Crippen MR) is 78.0 cm³/mol. The lowest BCUT2D eigenvalue weighted by molar-refractivity contribution is 0.0761. The number of H-pyrrole nitrogens is 1. The molecule has 2 aromatic heterocycles. The minimum atomic E-state index is 0.0698. The van der Waals surface area contributed by atoms with Crippen molar-refractivity contribution in [3.8, 4) is 0 Å². The summed E-state index contributed by atoms with van der Waals surface area (Å²) in [5.41, 5.74) is 1.87. The van der Waals surface area contributed by atoms with Gasteiger partial charge in [-0.25, -0.2) is 0 Å². The second-order valence-corrected chi connectivity index (χ2v) is 5.36. The molecule has 1 saturated heterocycles. The minimum Gasteiger partial charge on any atom is -0.472 e. The van der Waals surface area contributed by atoms with E-state index in [0.717, 1.165) is 45.6 Å². The molecule has 0 radical (unpaired) electrons. The maximum atomic E-state index is 12.3. The predicted octanol–water partition coefficient (Wildman–Crippen LogP) is 1.39. The van der Waals surface area contributed by atoms with Gasteiger partial charge < -0.3 is 14.2 Å². The van der Waals surface area contributed by atoms with E-state index in [1.165, 1.54) is 11.8 Å². The van der Waals surface area contributed by atoms with E-state index < -0.39 is 0 Å². The molecule has 1 aliphatic rings. The van der Waals surface area contributed by atoms with E-state index in [1.807, 2.05) is 17.3 Å². The number of furan rings is 1. The van der Waals surface area contributed by atoms with Crippen molar-refractivity contribution in [1.29, 1.82) is 0 Å². The molecule has 0 aromatic carbocycles. The smallest absolute Gasteiger partial charge is 0.257 e. The molecule has 112 valence electrons. The Morgan fingerprint density at radius 1 is 1.33 bits per heavy atom. The SMILES string of the molecule is O=C(c1ccoc1)N1CCCN(CCc2cn[nH]c2)CC1. The van der Waals surface area contributed by atoms with Crippen molar-refractivity contribution in [2.24, 2.45) is 0 Å². The number of carbonyl (C=O) groups excluding carboxylic acids is 1. The van der Waals surface area contributed by atoms with Gasteiger partial charge in [-0.3, -0.25) is 9.89 Å². The Labute approximate surface area is 123 Å². The summed E-state index contributed by atoms with van der Waals surface area (Å²) in [6, 6.07) is 1.73. The summed E-state index contributed by atoms with van der Waals surface area (Å²) in [5, 5.41) is 6.80.